The molecule has 96 valence electrons. The Kier molecular flexibility index (Phi) is 3.70. The van der Waals surface area contributed by atoms with Crippen LogP contribution >= 0.6 is 0 Å². The van der Waals surface area contributed by atoms with Gasteiger partial charge in [0, 0.05) is 18.6 Å². The Balaban J connectivity index is 2.34. The van der Waals surface area contributed by atoms with Gasteiger partial charge in [-0.15, -0.1) is 0 Å². The molecule has 0 N–H and O–H groups in total. The number of pyridine rings is 1. The molecule has 0 saturated carbocycles. The second-order valence-corrected chi connectivity index (χ2v) is 4.98. The van der Waals surface area contributed by atoms with Gasteiger partial charge in [-0.25, -0.2) is 0 Å². The molecule has 0 radical (unpaired) electrons. The molecule has 0 fully saturated rings. The topological polar surface area (TPSA) is 31.2 Å². The lowest BCUT2D eigenvalue weighted by molar-refractivity contribution is 0.292. The maximum Gasteiger partial charge on any atom is 0.258 e. The van der Waals surface area contributed by atoms with E-state index in [9.17, 15) is 4.79 Å². The fourth-order valence-electron chi connectivity index (χ4n) is 1.88. The van der Waals surface area contributed by atoms with Crippen LogP contribution in [0, 0.1) is 5.92 Å². The lowest BCUT2D eigenvalue weighted by atomic mass is 10.1. The lowest BCUT2D eigenvalue weighted by Crippen LogP contribution is -2.15. The van der Waals surface area contributed by atoms with E-state index in [1.165, 1.54) is 0 Å². The number of ether oxygens (including phenoxy) is 1. The molecule has 0 saturated heterocycles. The smallest absolute Gasteiger partial charge is 0.258 e. The Hall–Kier alpha value is -1.77. The summed E-state index contributed by atoms with van der Waals surface area (Å²) in [6.45, 7) is 5.02. The normalized spacial score (nSPS) is 11.1. The highest BCUT2D eigenvalue weighted by molar-refractivity contribution is 5.87. The maximum absolute atomic E-state index is 12.0. The second kappa shape index (κ2) is 5.25. The van der Waals surface area contributed by atoms with E-state index in [0.717, 1.165) is 17.6 Å². The summed E-state index contributed by atoms with van der Waals surface area (Å²) in [5, 5.41) is 1.60. The van der Waals surface area contributed by atoms with Gasteiger partial charge in [-0.3, -0.25) is 4.79 Å². The molecule has 1 aromatic carbocycles. The molecule has 18 heavy (non-hydrogen) atoms. The van der Waals surface area contributed by atoms with Crippen LogP contribution in [0.2, 0.25) is 0 Å². The van der Waals surface area contributed by atoms with Crippen molar-refractivity contribution >= 4 is 10.8 Å². The van der Waals surface area contributed by atoms with Gasteiger partial charge < -0.3 is 9.30 Å². The molecule has 0 aliphatic carbocycles. The first-order valence-electron chi connectivity index (χ1n) is 6.30. The number of hydrogen-bond donors (Lipinski definition) is 0. The van der Waals surface area contributed by atoms with Crippen LogP contribution in [-0.2, 0) is 7.05 Å². The Morgan fingerprint density at radius 1 is 1.22 bits per heavy atom. The highest BCUT2D eigenvalue weighted by atomic mass is 16.5. The molecule has 0 aliphatic heterocycles. The summed E-state index contributed by atoms with van der Waals surface area (Å²) in [5.41, 5.74) is 0.0156. The van der Waals surface area contributed by atoms with E-state index in [1.807, 2.05) is 24.3 Å². The summed E-state index contributed by atoms with van der Waals surface area (Å²) < 4.78 is 7.36. The number of fused-ring (bicyclic) bond motifs is 1. The quantitative estimate of drug-likeness (QED) is 0.829. The van der Waals surface area contributed by atoms with Gasteiger partial charge in [0.05, 0.1) is 12.0 Å². The zero-order chi connectivity index (χ0) is 13.1. The van der Waals surface area contributed by atoms with E-state index in [0.29, 0.717) is 17.9 Å². The lowest BCUT2D eigenvalue weighted by Gasteiger charge is -2.11. The third kappa shape index (κ3) is 2.55. The molecule has 2 aromatic rings. The zero-order valence-corrected chi connectivity index (χ0v) is 11.1. The largest absolute Gasteiger partial charge is 0.493 e. The average molecular weight is 245 g/mol. The predicted octanol–water partition coefficient (Wildman–Crippen LogP) is 2.96. The third-order valence-corrected chi connectivity index (χ3v) is 3.03. The van der Waals surface area contributed by atoms with Gasteiger partial charge in [0.15, 0.2) is 0 Å². The van der Waals surface area contributed by atoms with Crippen molar-refractivity contribution in [1.82, 2.24) is 4.57 Å². The van der Waals surface area contributed by atoms with Gasteiger partial charge in [0.1, 0.15) is 5.75 Å². The summed E-state index contributed by atoms with van der Waals surface area (Å²) in [6, 6.07) is 7.56. The van der Waals surface area contributed by atoms with Crippen LogP contribution in [0.5, 0.6) is 5.75 Å². The molecule has 1 aromatic heterocycles. The van der Waals surface area contributed by atoms with Gasteiger partial charge in [-0.1, -0.05) is 19.9 Å². The second-order valence-electron chi connectivity index (χ2n) is 4.98. The molecule has 0 atom stereocenters. The summed E-state index contributed by atoms with van der Waals surface area (Å²) >= 11 is 0. The molecular weight excluding hydrogens is 226 g/mol. The van der Waals surface area contributed by atoms with Crippen molar-refractivity contribution in [2.45, 2.75) is 20.3 Å². The monoisotopic (exact) mass is 245 g/mol. The van der Waals surface area contributed by atoms with Crippen LogP contribution in [0.25, 0.3) is 10.8 Å². The number of hydrogen-bond acceptors (Lipinski definition) is 2. The Bertz CT molecular complexity index is 599. The molecular formula is C15H19NO2. The SMILES string of the molecule is CC(C)CCOc1cccc2c(=O)n(C)ccc12. The van der Waals surface area contributed by atoms with Crippen LogP contribution in [0.3, 0.4) is 0 Å². The minimum Gasteiger partial charge on any atom is -0.493 e. The molecule has 3 nitrogen and oxygen atoms in total. The molecule has 1 heterocycles. The van der Waals surface area contributed by atoms with Gasteiger partial charge in [0.2, 0.25) is 0 Å². The molecule has 2 rings (SSSR count). The van der Waals surface area contributed by atoms with E-state index in [2.05, 4.69) is 13.8 Å². The first-order chi connectivity index (χ1) is 8.59. The van der Waals surface area contributed by atoms with E-state index in [1.54, 1.807) is 17.8 Å². The van der Waals surface area contributed by atoms with Crippen molar-refractivity contribution in [3.63, 3.8) is 0 Å². The first-order valence-corrected chi connectivity index (χ1v) is 6.30. The molecule has 3 heteroatoms. The summed E-state index contributed by atoms with van der Waals surface area (Å²) in [7, 11) is 1.76. The van der Waals surface area contributed by atoms with Crippen molar-refractivity contribution < 1.29 is 4.74 Å². The van der Waals surface area contributed by atoms with E-state index >= 15 is 0 Å². The van der Waals surface area contributed by atoms with Crippen molar-refractivity contribution in [3.8, 4) is 5.75 Å². The Labute approximate surface area is 107 Å². The van der Waals surface area contributed by atoms with Crippen LogP contribution in [-0.4, -0.2) is 11.2 Å². The third-order valence-electron chi connectivity index (χ3n) is 3.03. The number of rotatable bonds is 4. The van der Waals surface area contributed by atoms with Crippen molar-refractivity contribution in [2.75, 3.05) is 6.61 Å². The van der Waals surface area contributed by atoms with Crippen LogP contribution in [0.15, 0.2) is 35.3 Å². The number of aryl methyl sites for hydroxylation is 1. The van der Waals surface area contributed by atoms with Crippen molar-refractivity contribution in [1.29, 1.82) is 0 Å². The van der Waals surface area contributed by atoms with E-state index in [4.69, 9.17) is 4.74 Å². The zero-order valence-electron chi connectivity index (χ0n) is 11.1. The molecule has 0 unspecified atom stereocenters. The Morgan fingerprint density at radius 3 is 2.72 bits per heavy atom. The number of nitrogens with zero attached hydrogens (tertiary/aromatic N) is 1. The minimum absolute atomic E-state index is 0.0156. The maximum atomic E-state index is 12.0. The van der Waals surface area contributed by atoms with Gasteiger partial charge >= 0.3 is 0 Å². The minimum atomic E-state index is 0.0156. The Morgan fingerprint density at radius 2 is 2.00 bits per heavy atom. The van der Waals surface area contributed by atoms with Gasteiger partial charge in [0.25, 0.3) is 5.56 Å². The number of aromatic nitrogens is 1. The van der Waals surface area contributed by atoms with Crippen LogP contribution in [0.1, 0.15) is 20.3 Å². The molecule has 0 amide bonds. The van der Waals surface area contributed by atoms with Crippen molar-refractivity contribution in [2.24, 2.45) is 13.0 Å². The molecule has 0 aliphatic rings. The van der Waals surface area contributed by atoms with Gasteiger partial charge in [-0.05, 0) is 30.5 Å². The van der Waals surface area contributed by atoms with Crippen LogP contribution < -0.4 is 10.3 Å². The summed E-state index contributed by atoms with van der Waals surface area (Å²) in [5.74, 6) is 1.42. The fourth-order valence-corrected chi connectivity index (χ4v) is 1.88. The highest BCUT2D eigenvalue weighted by Gasteiger charge is 2.06. The van der Waals surface area contributed by atoms with E-state index < -0.39 is 0 Å². The van der Waals surface area contributed by atoms with Gasteiger partial charge in [-0.2, -0.15) is 0 Å². The molecule has 0 bridgehead atoms. The molecule has 0 spiro atoms. The fraction of sp³-hybridized carbons (Fsp3) is 0.400. The highest BCUT2D eigenvalue weighted by Crippen LogP contribution is 2.23. The standard InChI is InChI=1S/C15H19NO2/c1-11(2)8-10-18-14-6-4-5-13-12(14)7-9-16(3)15(13)17/h4-7,9,11H,8,10H2,1-3H3. The number of benzene rings is 1. The first kappa shape index (κ1) is 12.7. The average Bonchev–Trinajstić information content (AvgIpc) is 2.34. The predicted molar refractivity (Wildman–Crippen MR) is 74.1 cm³/mol. The summed E-state index contributed by atoms with van der Waals surface area (Å²) in [4.78, 5) is 12.0. The van der Waals surface area contributed by atoms with E-state index in [-0.39, 0.29) is 5.56 Å². The van der Waals surface area contributed by atoms with Crippen LogP contribution in [0.4, 0.5) is 0 Å². The summed E-state index contributed by atoms with van der Waals surface area (Å²) in [6.07, 6.45) is 2.79. The van der Waals surface area contributed by atoms with Crippen molar-refractivity contribution in [3.05, 3.63) is 40.8 Å².